The zero-order valence-electron chi connectivity index (χ0n) is 14.8. The second-order valence-electron chi connectivity index (χ2n) is 6.76. The van der Waals surface area contributed by atoms with Crippen LogP contribution in [0.4, 0.5) is 11.6 Å². The Morgan fingerprint density at radius 3 is 2.96 bits per heavy atom. The molecule has 0 radical (unpaired) electrons. The molecule has 1 unspecified atom stereocenters. The molecule has 0 saturated carbocycles. The minimum Gasteiger partial charge on any atom is -0.487 e. The monoisotopic (exact) mass is 340 g/mol. The van der Waals surface area contributed by atoms with Gasteiger partial charge < -0.3 is 14.4 Å². The molecule has 0 fully saturated rings. The zero-order chi connectivity index (χ0) is 17.3. The minimum absolute atomic E-state index is 0.451. The standard InChI is InChI=1S/C19H24N4O2/c1-19(10-5-6-13-25-19)17-20-21-18(23(17)12-14-24-2)22-11-9-15-7-3-4-8-16(15)22/h3-4,6-8,13H,5,9-12,14H2,1-2H3. The molecule has 0 amide bonds. The number of fused-ring (bicyclic) bond motifs is 1. The van der Waals surface area contributed by atoms with Gasteiger partial charge in [0.1, 0.15) is 0 Å². The number of allylic oxidation sites excluding steroid dienone is 1. The number of nitrogens with zero attached hydrogens (tertiary/aromatic N) is 4. The van der Waals surface area contributed by atoms with Crippen molar-refractivity contribution in [1.29, 1.82) is 0 Å². The van der Waals surface area contributed by atoms with E-state index in [9.17, 15) is 0 Å². The fourth-order valence-electron chi connectivity index (χ4n) is 3.67. The van der Waals surface area contributed by atoms with Crippen LogP contribution in [0.2, 0.25) is 0 Å². The van der Waals surface area contributed by atoms with Crippen LogP contribution in [0.1, 0.15) is 31.2 Å². The molecular weight excluding hydrogens is 316 g/mol. The molecule has 6 heteroatoms. The summed E-state index contributed by atoms with van der Waals surface area (Å²) in [4.78, 5) is 2.25. The first-order valence-electron chi connectivity index (χ1n) is 8.84. The molecular formula is C19H24N4O2. The average Bonchev–Trinajstić information content (AvgIpc) is 3.24. The number of aromatic nitrogens is 3. The Morgan fingerprint density at radius 1 is 1.28 bits per heavy atom. The first-order chi connectivity index (χ1) is 12.2. The topological polar surface area (TPSA) is 52.4 Å². The number of ether oxygens (including phenoxy) is 2. The summed E-state index contributed by atoms with van der Waals surface area (Å²) in [7, 11) is 1.72. The van der Waals surface area contributed by atoms with Crippen LogP contribution in [0.25, 0.3) is 0 Å². The van der Waals surface area contributed by atoms with Crippen LogP contribution in [0, 0.1) is 0 Å². The summed E-state index contributed by atoms with van der Waals surface area (Å²) >= 11 is 0. The highest BCUT2D eigenvalue weighted by molar-refractivity contribution is 5.65. The Morgan fingerprint density at radius 2 is 2.16 bits per heavy atom. The summed E-state index contributed by atoms with van der Waals surface area (Å²) in [5.41, 5.74) is 2.12. The number of anilines is 2. The summed E-state index contributed by atoms with van der Waals surface area (Å²) in [6, 6.07) is 8.50. The van der Waals surface area contributed by atoms with Gasteiger partial charge in [-0.2, -0.15) is 0 Å². The molecule has 3 heterocycles. The predicted molar refractivity (Wildman–Crippen MR) is 95.9 cm³/mol. The van der Waals surface area contributed by atoms with Crippen molar-refractivity contribution < 1.29 is 9.47 Å². The van der Waals surface area contributed by atoms with Gasteiger partial charge in [-0.1, -0.05) is 18.2 Å². The van der Waals surface area contributed by atoms with Crippen LogP contribution >= 0.6 is 0 Å². The van der Waals surface area contributed by atoms with Gasteiger partial charge in [-0.05, 0) is 43.9 Å². The average molecular weight is 340 g/mol. The van der Waals surface area contributed by atoms with Crippen LogP contribution in [0.15, 0.2) is 36.6 Å². The van der Waals surface area contributed by atoms with Crippen molar-refractivity contribution in [3.63, 3.8) is 0 Å². The normalized spacial score (nSPS) is 22.1. The molecule has 1 aromatic carbocycles. The molecule has 2 aromatic rings. The van der Waals surface area contributed by atoms with Gasteiger partial charge in [0, 0.05) is 19.3 Å². The van der Waals surface area contributed by atoms with Crippen molar-refractivity contribution in [3.05, 3.63) is 48.0 Å². The number of methoxy groups -OCH3 is 1. The fraction of sp³-hybridized carbons (Fsp3) is 0.474. The van der Waals surface area contributed by atoms with Crippen molar-refractivity contribution in [2.75, 3.05) is 25.2 Å². The van der Waals surface area contributed by atoms with E-state index in [0.29, 0.717) is 13.2 Å². The molecule has 132 valence electrons. The lowest BCUT2D eigenvalue weighted by molar-refractivity contribution is 0.00559. The van der Waals surface area contributed by atoms with E-state index in [-0.39, 0.29) is 0 Å². The van der Waals surface area contributed by atoms with E-state index in [1.807, 2.05) is 0 Å². The van der Waals surface area contributed by atoms with Crippen LogP contribution < -0.4 is 4.90 Å². The van der Waals surface area contributed by atoms with Crippen molar-refractivity contribution in [1.82, 2.24) is 14.8 Å². The molecule has 0 aliphatic carbocycles. The van der Waals surface area contributed by atoms with E-state index in [0.717, 1.165) is 37.6 Å². The summed E-state index contributed by atoms with van der Waals surface area (Å²) in [5.74, 6) is 1.74. The third-order valence-corrected chi connectivity index (χ3v) is 5.06. The molecule has 0 N–H and O–H groups in total. The molecule has 1 atom stereocenters. The smallest absolute Gasteiger partial charge is 0.231 e. The maximum Gasteiger partial charge on any atom is 0.231 e. The number of benzene rings is 1. The highest BCUT2D eigenvalue weighted by Gasteiger charge is 2.37. The van der Waals surface area contributed by atoms with Crippen LogP contribution in [-0.2, 0) is 28.0 Å². The molecule has 0 saturated heterocycles. The second-order valence-corrected chi connectivity index (χ2v) is 6.76. The summed E-state index contributed by atoms with van der Waals surface area (Å²) in [6.07, 6.45) is 6.73. The first kappa shape index (κ1) is 16.1. The second kappa shape index (κ2) is 6.52. The van der Waals surface area contributed by atoms with Gasteiger partial charge in [-0.25, -0.2) is 0 Å². The number of hydrogen-bond acceptors (Lipinski definition) is 5. The quantitative estimate of drug-likeness (QED) is 0.837. The van der Waals surface area contributed by atoms with E-state index in [2.05, 4.69) is 56.9 Å². The summed E-state index contributed by atoms with van der Waals surface area (Å²) < 4.78 is 13.4. The Balaban J connectivity index is 1.75. The van der Waals surface area contributed by atoms with Crippen molar-refractivity contribution >= 4 is 11.6 Å². The number of para-hydroxylation sites is 1. The molecule has 25 heavy (non-hydrogen) atoms. The molecule has 0 spiro atoms. The fourth-order valence-corrected chi connectivity index (χ4v) is 3.67. The number of rotatable bonds is 5. The Labute approximate surface area is 148 Å². The van der Waals surface area contributed by atoms with Crippen molar-refractivity contribution in [3.8, 4) is 0 Å². The van der Waals surface area contributed by atoms with E-state index in [1.165, 1.54) is 11.3 Å². The lowest BCUT2D eigenvalue weighted by Gasteiger charge is -2.31. The summed E-state index contributed by atoms with van der Waals surface area (Å²) in [6.45, 7) is 4.32. The lowest BCUT2D eigenvalue weighted by atomic mass is 9.97. The Bertz CT molecular complexity index is 785. The molecule has 4 rings (SSSR count). The van der Waals surface area contributed by atoms with E-state index in [1.54, 1.807) is 13.4 Å². The van der Waals surface area contributed by atoms with Gasteiger partial charge in [0.15, 0.2) is 11.4 Å². The van der Waals surface area contributed by atoms with Crippen LogP contribution in [0.3, 0.4) is 0 Å². The van der Waals surface area contributed by atoms with Gasteiger partial charge in [0.2, 0.25) is 5.95 Å². The van der Waals surface area contributed by atoms with Gasteiger partial charge in [-0.15, -0.1) is 10.2 Å². The third-order valence-electron chi connectivity index (χ3n) is 5.06. The van der Waals surface area contributed by atoms with E-state index in [4.69, 9.17) is 9.47 Å². The third kappa shape index (κ3) is 2.80. The summed E-state index contributed by atoms with van der Waals surface area (Å²) in [5, 5.41) is 9.09. The first-order valence-corrected chi connectivity index (χ1v) is 8.84. The molecule has 2 aliphatic rings. The van der Waals surface area contributed by atoms with Gasteiger partial charge in [0.25, 0.3) is 0 Å². The predicted octanol–water partition coefficient (Wildman–Crippen LogP) is 3.16. The highest BCUT2D eigenvalue weighted by atomic mass is 16.5. The maximum atomic E-state index is 5.95. The Hall–Kier alpha value is -2.34. The van der Waals surface area contributed by atoms with Crippen LogP contribution in [-0.4, -0.2) is 35.0 Å². The van der Waals surface area contributed by atoms with Crippen molar-refractivity contribution in [2.24, 2.45) is 0 Å². The van der Waals surface area contributed by atoms with Gasteiger partial charge >= 0.3 is 0 Å². The molecule has 6 nitrogen and oxygen atoms in total. The highest BCUT2D eigenvalue weighted by Crippen LogP contribution is 2.38. The largest absolute Gasteiger partial charge is 0.487 e. The zero-order valence-corrected chi connectivity index (χ0v) is 14.8. The lowest BCUT2D eigenvalue weighted by Crippen LogP contribution is -2.31. The number of hydrogen-bond donors (Lipinski definition) is 0. The molecule has 1 aromatic heterocycles. The van der Waals surface area contributed by atoms with E-state index < -0.39 is 5.60 Å². The molecule has 0 bridgehead atoms. The van der Waals surface area contributed by atoms with Gasteiger partial charge in [-0.3, -0.25) is 4.57 Å². The minimum atomic E-state index is -0.451. The van der Waals surface area contributed by atoms with Crippen molar-refractivity contribution in [2.45, 2.75) is 38.3 Å². The maximum absolute atomic E-state index is 5.95. The van der Waals surface area contributed by atoms with Gasteiger partial charge in [0.05, 0.1) is 19.4 Å². The molecule has 2 aliphatic heterocycles. The van der Waals surface area contributed by atoms with E-state index >= 15 is 0 Å². The Kier molecular flexibility index (Phi) is 4.21. The van der Waals surface area contributed by atoms with Crippen LogP contribution in [0.5, 0.6) is 0 Å². The SMILES string of the molecule is COCCn1c(N2CCc3ccccc32)nnc1C1(C)CCC=CO1.